The second-order valence-electron chi connectivity index (χ2n) is 4.86. The van der Waals surface area contributed by atoms with Crippen molar-refractivity contribution in [3.05, 3.63) is 29.3 Å². The second-order valence-corrected chi connectivity index (χ2v) is 4.86. The SMILES string of the molecule is CCc1c(C2CCCN2)cccc1N(C)CC. The van der Waals surface area contributed by atoms with Crippen LogP contribution < -0.4 is 10.2 Å². The number of hydrogen-bond acceptors (Lipinski definition) is 2. The van der Waals surface area contributed by atoms with Crippen molar-refractivity contribution in [3.63, 3.8) is 0 Å². The molecule has 1 unspecified atom stereocenters. The fraction of sp³-hybridized carbons (Fsp3) is 0.600. The predicted molar refractivity (Wildman–Crippen MR) is 74.7 cm³/mol. The lowest BCUT2D eigenvalue weighted by atomic mass is 9.95. The standard InChI is InChI=1S/C15H24N2/c1-4-12-13(14-9-7-11-16-14)8-6-10-15(12)17(3)5-2/h6,8,10,14,16H,4-5,7,9,11H2,1-3H3. The van der Waals surface area contributed by atoms with Gasteiger partial charge in [0, 0.05) is 25.3 Å². The maximum atomic E-state index is 3.61. The molecule has 2 rings (SSSR count). The minimum atomic E-state index is 0.579. The van der Waals surface area contributed by atoms with Gasteiger partial charge in [-0.25, -0.2) is 0 Å². The molecule has 0 aromatic heterocycles. The Hall–Kier alpha value is -1.02. The van der Waals surface area contributed by atoms with Crippen LogP contribution in [0.2, 0.25) is 0 Å². The fourth-order valence-corrected chi connectivity index (χ4v) is 2.78. The zero-order valence-electron chi connectivity index (χ0n) is 11.3. The highest BCUT2D eigenvalue weighted by molar-refractivity contribution is 5.57. The fourth-order valence-electron chi connectivity index (χ4n) is 2.78. The van der Waals surface area contributed by atoms with E-state index in [-0.39, 0.29) is 0 Å². The topological polar surface area (TPSA) is 15.3 Å². The Kier molecular flexibility index (Phi) is 4.06. The molecule has 1 aromatic carbocycles. The molecule has 1 aliphatic heterocycles. The van der Waals surface area contributed by atoms with Gasteiger partial charge in [0.1, 0.15) is 0 Å². The molecular weight excluding hydrogens is 208 g/mol. The second kappa shape index (κ2) is 5.54. The molecular formula is C15H24N2. The van der Waals surface area contributed by atoms with Gasteiger partial charge in [0.25, 0.3) is 0 Å². The van der Waals surface area contributed by atoms with Crippen LogP contribution in [0, 0.1) is 0 Å². The van der Waals surface area contributed by atoms with Gasteiger partial charge in [-0.2, -0.15) is 0 Å². The van der Waals surface area contributed by atoms with Crippen LogP contribution in [0.3, 0.4) is 0 Å². The van der Waals surface area contributed by atoms with Gasteiger partial charge < -0.3 is 10.2 Å². The molecule has 1 saturated heterocycles. The molecule has 0 spiro atoms. The lowest BCUT2D eigenvalue weighted by molar-refractivity contribution is 0.640. The molecule has 1 fully saturated rings. The van der Waals surface area contributed by atoms with Gasteiger partial charge in [-0.05, 0) is 49.9 Å². The Morgan fingerprint density at radius 3 is 2.76 bits per heavy atom. The molecule has 17 heavy (non-hydrogen) atoms. The van der Waals surface area contributed by atoms with Crippen LogP contribution in [0.15, 0.2) is 18.2 Å². The molecule has 1 heterocycles. The van der Waals surface area contributed by atoms with Crippen LogP contribution in [0.25, 0.3) is 0 Å². The van der Waals surface area contributed by atoms with Crippen LogP contribution in [0.5, 0.6) is 0 Å². The maximum Gasteiger partial charge on any atom is 0.0399 e. The number of nitrogens with zero attached hydrogens (tertiary/aromatic N) is 1. The first-order valence-corrected chi connectivity index (χ1v) is 6.84. The molecule has 1 atom stereocenters. The monoisotopic (exact) mass is 232 g/mol. The van der Waals surface area contributed by atoms with Crippen molar-refractivity contribution in [1.29, 1.82) is 0 Å². The van der Waals surface area contributed by atoms with Crippen molar-refractivity contribution in [1.82, 2.24) is 5.32 Å². The summed E-state index contributed by atoms with van der Waals surface area (Å²) in [4.78, 5) is 2.34. The molecule has 2 nitrogen and oxygen atoms in total. The third kappa shape index (κ3) is 2.47. The first-order chi connectivity index (χ1) is 8.27. The highest BCUT2D eigenvalue weighted by Crippen LogP contribution is 2.31. The Morgan fingerprint density at radius 1 is 1.35 bits per heavy atom. The summed E-state index contributed by atoms with van der Waals surface area (Å²) in [7, 11) is 2.18. The quantitative estimate of drug-likeness (QED) is 0.858. The van der Waals surface area contributed by atoms with E-state index in [4.69, 9.17) is 0 Å². The summed E-state index contributed by atoms with van der Waals surface area (Å²) < 4.78 is 0. The number of rotatable bonds is 4. The van der Waals surface area contributed by atoms with E-state index in [1.807, 2.05) is 0 Å². The number of anilines is 1. The first-order valence-electron chi connectivity index (χ1n) is 6.84. The van der Waals surface area contributed by atoms with Crippen molar-refractivity contribution in [2.45, 2.75) is 39.2 Å². The summed E-state index contributed by atoms with van der Waals surface area (Å²) in [6.07, 6.45) is 3.71. The molecule has 0 saturated carbocycles. The molecule has 1 N–H and O–H groups in total. The van der Waals surface area contributed by atoms with Gasteiger partial charge in [0.05, 0.1) is 0 Å². The summed E-state index contributed by atoms with van der Waals surface area (Å²) in [6, 6.07) is 7.33. The molecule has 0 aliphatic carbocycles. The lowest BCUT2D eigenvalue weighted by Crippen LogP contribution is -2.20. The Labute approximate surface area is 105 Å². The summed E-state index contributed by atoms with van der Waals surface area (Å²) in [5, 5.41) is 3.61. The van der Waals surface area contributed by atoms with Crippen molar-refractivity contribution in [2.75, 3.05) is 25.0 Å². The van der Waals surface area contributed by atoms with E-state index in [9.17, 15) is 0 Å². The molecule has 94 valence electrons. The van der Waals surface area contributed by atoms with E-state index in [0.29, 0.717) is 6.04 Å². The highest BCUT2D eigenvalue weighted by atomic mass is 15.1. The maximum absolute atomic E-state index is 3.61. The van der Waals surface area contributed by atoms with Crippen molar-refractivity contribution in [3.8, 4) is 0 Å². The summed E-state index contributed by atoms with van der Waals surface area (Å²) in [5.41, 5.74) is 4.44. The third-order valence-corrected chi connectivity index (χ3v) is 3.86. The molecule has 1 aromatic rings. The van der Waals surface area contributed by atoms with Crippen LogP contribution >= 0.6 is 0 Å². The van der Waals surface area contributed by atoms with Gasteiger partial charge in [-0.3, -0.25) is 0 Å². The number of nitrogens with one attached hydrogen (secondary N) is 1. The van der Waals surface area contributed by atoms with Crippen LogP contribution in [0.1, 0.15) is 43.9 Å². The van der Waals surface area contributed by atoms with E-state index in [0.717, 1.165) is 13.0 Å². The molecule has 0 radical (unpaired) electrons. The highest BCUT2D eigenvalue weighted by Gasteiger charge is 2.20. The van der Waals surface area contributed by atoms with Crippen LogP contribution in [0.4, 0.5) is 5.69 Å². The van der Waals surface area contributed by atoms with E-state index in [1.165, 1.54) is 36.2 Å². The minimum Gasteiger partial charge on any atom is -0.375 e. The van der Waals surface area contributed by atoms with Gasteiger partial charge in [-0.15, -0.1) is 0 Å². The molecule has 2 heteroatoms. The number of hydrogen-bond donors (Lipinski definition) is 1. The molecule has 1 aliphatic rings. The Morgan fingerprint density at radius 2 is 2.18 bits per heavy atom. The minimum absolute atomic E-state index is 0.579. The molecule has 0 amide bonds. The Bertz CT molecular complexity index is 367. The van der Waals surface area contributed by atoms with Gasteiger partial charge >= 0.3 is 0 Å². The van der Waals surface area contributed by atoms with Crippen molar-refractivity contribution in [2.24, 2.45) is 0 Å². The molecule has 0 bridgehead atoms. The Balaban J connectivity index is 2.37. The van der Waals surface area contributed by atoms with Gasteiger partial charge in [-0.1, -0.05) is 19.1 Å². The van der Waals surface area contributed by atoms with Crippen LogP contribution in [-0.2, 0) is 6.42 Å². The largest absolute Gasteiger partial charge is 0.375 e. The normalized spacial score (nSPS) is 19.6. The average molecular weight is 232 g/mol. The van der Waals surface area contributed by atoms with E-state index in [1.54, 1.807) is 0 Å². The first kappa shape index (κ1) is 12.4. The van der Waals surface area contributed by atoms with E-state index < -0.39 is 0 Å². The van der Waals surface area contributed by atoms with Crippen molar-refractivity contribution < 1.29 is 0 Å². The van der Waals surface area contributed by atoms with E-state index >= 15 is 0 Å². The van der Waals surface area contributed by atoms with Crippen molar-refractivity contribution >= 4 is 5.69 Å². The number of benzene rings is 1. The lowest BCUT2D eigenvalue weighted by Gasteiger charge is -2.24. The summed E-state index contributed by atoms with van der Waals surface area (Å²) >= 11 is 0. The van der Waals surface area contributed by atoms with Crippen LogP contribution in [-0.4, -0.2) is 20.1 Å². The van der Waals surface area contributed by atoms with Gasteiger partial charge in [0.2, 0.25) is 0 Å². The predicted octanol–water partition coefficient (Wildman–Crippen LogP) is 3.13. The third-order valence-electron chi connectivity index (χ3n) is 3.86. The van der Waals surface area contributed by atoms with E-state index in [2.05, 4.69) is 49.3 Å². The van der Waals surface area contributed by atoms with Gasteiger partial charge in [0.15, 0.2) is 0 Å². The summed E-state index contributed by atoms with van der Waals surface area (Å²) in [6.45, 7) is 6.71. The zero-order chi connectivity index (χ0) is 12.3. The average Bonchev–Trinajstić information content (AvgIpc) is 2.90. The summed E-state index contributed by atoms with van der Waals surface area (Å²) in [5.74, 6) is 0. The zero-order valence-corrected chi connectivity index (χ0v) is 11.3. The smallest absolute Gasteiger partial charge is 0.0399 e.